The summed E-state index contributed by atoms with van der Waals surface area (Å²) in [5.41, 5.74) is -0.269. The van der Waals surface area contributed by atoms with Gasteiger partial charge < -0.3 is 14.6 Å². The van der Waals surface area contributed by atoms with Crippen LogP contribution in [0.3, 0.4) is 0 Å². The van der Waals surface area contributed by atoms with Crippen LogP contribution < -0.4 is 4.74 Å². The quantitative estimate of drug-likeness (QED) is 0.815. The van der Waals surface area contributed by atoms with E-state index in [1.165, 1.54) is 12.1 Å². The Hall–Kier alpha value is -1.13. The largest absolute Gasteiger partial charge is 0.493 e. The van der Waals surface area contributed by atoms with Crippen LogP contribution in [0.25, 0.3) is 0 Å². The van der Waals surface area contributed by atoms with Crippen LogP contribution >= 0.6 is 0 Å². The lowest BCUT2D eigenvalue weighted by Crippen LogP contribution is -2.49. The summed E-state index contributed by atoms with van der Waals surface area (Å²) in [5, 5.41) is 9.14. The first-order chi connectivity index (χ1) is 7.24. The lowest BCUT2D eigenvalue weighted by atomic mass is 9.88. The minimum atomic E-state index is -0.286. The molecule has 82 valence electrons. The van der Waals surface area contributed by atoms with E-state index in [0.29, 0.717) is 25.6 Å². The molecule has 1 aliphatic heterocycles. The molecule has 1 aromatic rings. The van der Waals surface area contributed by atoms with E-state index in [-0.39, 0.29) is 17.8 Å². The molecule has 1 fully saturated rings. The van der Waals surface area contributed by atoms with E-state index in [0.717, 1.165) is 0 Å². The van der Waals surface area contributed by atoms with Crippen LogP contribution in [0, 0.1) is 11.2 Å². The highest BCUT2D eigenvalue weighted by atomic mass is 19.1. The molecule has 0 spiro atoms. The van der Waals surface area contributed by atoms with E-state index in [2.05, 4.69) is 0 Å². The molecule has 0 bridgehead atoms. The molecule has 2 rings (SSSR count). The van der Waals surface area contributed by atoms with Crippen LogP contribution in [-0.4, -0.2) is 31.5 Å². The van der Waals surface area contributed by atoms with Gasteiger partial charge in [-0.15, -0.1) is 0 Å². The average molecular weight is 212 g/mol. The van der Waals surface area contributed by atoms with E-state index < -0.39 is 0 Å². The number of ether oxygens (including phenoxy) is 2. The van der Waals surface area contributed by atoms with E-state index >= 15 is 0 Å². The molecule has 4 heteroatoms. The van der Waals surface area contributed by atoms with Crippen LogP contribution in [0.4, 0.5) is 4.39 Å². The molecule has 0 amide bonds. The van der Waals surface area contributed by atoms with E-state index in [9.17, 15) is 4.39 Å². The van der Waals surface area contributed by atoms with E-state index in [1.807, 2.05) is 0 Å². The molecule has 0 atom stereocenters. The van der Waals surface area contributed by atoms with Crippen molar-refractivity contribution in [1.82, 2.24) is 0 Å². The summed E-state index contributed by atoms with van der Waals surface area (Å²) >= 11 is 0. The molecular formula is C11H13FO3. The van der Waals surface area contributed by atoms with Crippen LogP contribution in [-0.2, 0) is 4.74 Å². The zero-order valence-electron chi connectivity index (χ0n) is 8.28. The normalized spacial score (nSPS) is 18.3. The lowest BCUT2D eigenvalue weighted by Gasteiger charge is -2.39. The summed E-state index contributed by atoms with van der Waals surface area (Å²) in [6.45, 7) is 1.48. The summed E-state index contributed by atoms with van der Waals surface area (Å²) in [4.78, 5) is 0. The van der Waals surface area contributed by atoms with Gasteiger partial charge in [0.05, 0.1) is 25.2 Å². The van der Waals surface area contributed by atoms with Gasteiger partial charge in [-0.25, -0.2) is 4.39 Å². The Morgan fingerprint density at radius 2 is 2.00 bits per heavy atom. The first-order valence-corrected chi connectivity index (χ1v) is 4.81. The topological polar surface area (TPSA) is 38.7 Å². The number of aliphatic hydroxyl groups is 1. The van der Waals surface area contributed by atoms with E-state index in [1.54, 1.807) is 12.1 Å². The molecule has 15 heavy (non-hydrogen) atoms. The smallest absolute Gasteiger partial charge is 0.123 e. The van der Waals surface area contributed by atoms with Crippen LogP contribution in [0.2, 0.25) is 0 Å². The summed E-state index contributed by atoms with van der Waals surface area (Å²) in [6.07, 6.45) is 0. The Labute approximate surface area is 87.4 Å². The maximum atomic E-state index is 12.6. The number of benzene rings is 1. The zero-order chi connectivity index (χ0) is 10.7. The molecule has 0 aliphatic carbocycles. The maximum Gasteiger partial charge on any atom is 0.123 e. The van der Waals surface area contributed by atoms with Crippen molar-refractivity contribution in [3.05, 3.63) is 30.1 Å². The molecular weight excluding hydrogens is 199 g/mol. The molecule has 0 saturated carbocycles. The Balaban J connectivity index is 1.90. The van der Waals surface area contributed by atoms with Crippen LogP contribution in [0.15, 0.2) is 24.3 Å². The molecule has 1 saturated heterocycles. The van der Waals surface area contributed by atoms with Gasteiger partial charge >= 0.3 is 0 Å². The van der Waals surface area contributed by atoms with Crippen molar-refractivity contribution < 1.29 is 19.0 Å². The molecule has 3 nitrogen and oxygen atoms in total. The van der Waals surface area contributed by atoms with Crippen molar-refractivity contribution in [2.24, 2.45) is 5.41 Å². The van der Waals surface area contributed by atoms with Gasteiger partial charge in [-0.05, 0) is 24.3 Å². The molecule has 1 aromatic carbocycles. The van der Waals surface area contributed by atoms with Gasteiger partial charge in [0.1, 0.15) is 18.2 Å². The second-order valence-corrected chi connectivity index (χ2v) is 3.89. The third-order valence-electron chi connectivity index (χ3n) is 2.51. The fraction of sp³-hybridized carbons (Fsp3) is 0.455. The summed E-state index contributed by atoms with van der Waals surface area (Å²) in [6, 6.07) is 5.83. The van der Waals surface area contributed by atoms with Gasteiger partial charge in [-0.3, -0.25) is 0 Å². The highest BCUT2D eigenvalue weighted by molar-refractivity contribution is 5.22. The van der Waals surface area contributed by atoms with Crippen molar-refractivity contribution in [3.63, 3.8) is 0 Å². The number of rotatable bonds is 4. The fourth-order valence-electron chi connectivity index (χ4n) is 1.38. The second kappa shape index (κ2) is 4.16. The van der Waals surface area contributed by atoms with Crippen molar-refractivity contribution in [1.29, 1.82) is 0 Å². The van der Waals surface area contributed by atoms with Gasteiger partial charge in [0.25, 0.3) is 0 Å². The van der Waals surface area contributed by atoms with Crippen molar-refractivity contribution >= 4 is 0 Å². The standard InChI is InChI=1S/C11H13FO3/c12-9-1-3-10(4-2-9)15-8-11(5-13)6-14-7-11/h1-4,13H,5-8H2. The van der Waals surface area contributed by atoms with Gasteiger partial charge in [-0.2, -0.15) is 0 Å². The highest BCUT2D eigenvalue weighted by Gasteiger charge is 2.39. The fourth-order valence-corrected chi connectivity index (χ4v) is 1.38. The van der Waals surface area contributed by atoms with E-state index in [4.69, 9.17) is 14.6 Å². The molecule has 1 N–H and O–H groups in total. The number of aliphatic hydroxyl groups excluding tert-OH is 1. The minimum absolute atomic E-state index is 0.0498. The predicted octanol–water partition coefficient (Wildman–Crippen LogP) is 1.21. The summed E-state index contributed by atoms with van der Waals surface area (Å²) in [7, 11) is 0. The Morgan fingerprint density at radius 3 is 2.47 bits per heavy atom. The van der Waals surface area contributed by atoms with Crippen molar-refractivity contribution in [3.8, 4) is 5.75 Å². The van der Waals surface area contributed by atoms with Gasteiger partial charge in [0.15, 0.2) is 0 Å². The molecule has 0 aromatic heterocycles. The number of hydrogen-bond donors (Lipinski definition) is 1. The van der Waals surface area contributed by atoms with Gasteiger partial charge in [-0.1, -0.05) is 0 Å². The number of hydrogen-bond acceptors (Lipinski definition) is 3. The third kappa shape index (κ3) is 2.27. The Bertz CT molecular complexity index is 314. The van der Waals surface area contributed by atoms with Crippen molar-refractivity contribution in [2.45, 2.75) is 0 Å². The molecule has 1 aliphatic rings. The molecule has 1 heterocycles. The minimum Gasteiger partial charge on any atom is -0.493 e. The Kier molecular flexibility index (Phi) is 2.88. The maximum absolute atomic E-state index is 12.6. The average Bonchev–Trinajstić information content (AvgIpc) is 2.20. The first kappa shape index (κ1) is 10.4. The van der Waals surface area contributed by atoms with Gasteiger partial charge in [0, 0.05) is 0 Å². The number of halogens is 1. The highest BCUT2D eigenvalue weighted by Crippen LogP contribution is 2.27. The van der Waals surface area contributed by atoms with Gasteiger partial charge in [0.2, 0.25) is 0 Å². The van der Waals surface area contributed by atoms with Crippen LogP contribution in [0.5, 0.6) is 5.75 Å². The zero-order valence-corrected chi connectivity index (χ0v) is 8.28. The summed E-state index contributed by atoms with van der Waals surface area (Å²) < 4.78 is 23.1. The van der Waals surface area contributed by atoms with Crippen molar-refractivity contribution in [2.75, 3.05) is 26.4 Å². The second-order valence-electron chi connectivity index (χ2n) is 3.89. The monoisotopic (exact) mass is 212 g/mol. The lowest BCUT2D eigenvalue weighted by molar-refractivity contribution is -0.153. The Morgan fingerprint density at radius 1 is 1.33 bits per heavy atom. The first-order valence-electron chi connectivity index (χ1n) is 4.81. The van der Waals surface area contributed by atoms with Crippen LogP contribution in [0.1, 0.15) is 0 Å². The third-order valence-corrected chi connectivity index (χ3v) is 2.51. The molecule has 0 radical (unpaired) electrons. The predicted molar refractivity (Wildman–Crippen MR) is 52.2 cm³/mol. The molecule has 0 unspecified atom stereocenters. The SMILES string of the molecule is OCC1(COc2ccc(F)cc2)COC1. The summed E-state index contributed by atoms with van der Waals surface area (Å²) in [5.74, 6) is 0.322.